The van der Waals surface area contributed by atoms with Gasteiger partial charge in [-0.1, -0.05) is 0 Å². The fourth-order valence-corrected chi connectivity index (χ4v) is 3.06. The lowest BCUT2D eigenvalue weighted by Gasteiger charge is -2.30. The number of carboxylic acids is 1. The Balaban J connectivity index is 1.95. The molecular weight excluding hydrogens is 332 g/mol. The highest BCUT2D eigenvalue weighted by Gasteiger charge is 2.31. The van der Waals surface area contributed by atoms with E-state index in [4.69, 9.17) is 5.11 Å². The van der Waals surface area contributed by atoms with Gasteiger partial charge in [-0.3, -0.25) is 14.3 Å². The Labute approximate surface area is 142 Å². The number of hydrogen-bond acceptors (Lipinski definition) is 3. The van der Waals surface area contributed by atoms with Crippen LogP contribution in [0.3, 0.4) is 0 Å². The molecule has 1 saturated heterocycles. The van der Waals surface area contributed by atoms with Gasteiger partial charge in [-0.05, 0) is 25.0 Å². The summed E-state index contributed by atoms with van der Waals surface area (Å²) < 4.78 is 28.6. The summed E-state index contributed by atoms with van der Waals surface area (Å²) in [6.45, 7) is 0.539. The van der Waals surface area contributed by atoms with Crippen LogP contribution in [0.4, 0.5) is 8.78 Å². The minimum Gasteiger partial charge on any atom is -0.481 e. The van der Waals surface area contributed by atoms with Gasteiger partial charge < -0.3 is 10.0 Å². The molecule has 0 bridgehead atoms. The molecule has 2 heterocycles. The normalized spacial score (nSPS) is 17.6. The minimum absolute atomic E-state index is 0.0251. The van der Waals surface area contributed by atoms with Gasteiger partial charge in [0.05, 0.1) is 11.5 Å². The number of hydrogen-bond donors (Lipinski definition) is 1. The van der Waals surface area contributed by atoms with E-state index in [1.807, 2.05) is 0 Å². The highest BCUT2D eigenvalue weighted by atomic mass is 19.1. The SMILES string of the molecule is Cn1cc(C(=O)N2CCCC(C(=O)O)C2)c(-c2ccc(F)cc2F)n1. The van der Waals surface area contributed by atoms with Crippen molar-refractivity contribution < 1.29 is 23.5 Å². The van der Waals surface area contributed by atoms with E-state index < -0.39 is 29.4 Å². The number of carboxylic acid groups (broad SMARTS) is 1. The zero-order valence-electron chi connectivity index (χ0n) is 13.6. The lowest BCUT2D eigenvalue weighted by Crippen LogP contribution is -2.42. The van der Waals surface area contributed by atoms with Crippen LogP contribution in [0.5, 0.6) is 0 Å². The van der Waals surface area contributed by atoms with Crippen molar-refractivity contribution in [1.82, 2.24) is 14.7 Å². The molecule has 8 heteroatoms. The second-order valence-electron chi connectivity index (χ2n) is 6.12. The molecule has 1 aromatic carbocycles. The van der Waals surface area contributed by atoms with Gasteiger partial charge in [-0.15, -0.1) is 0 Å². The fraction of sp³-hybridized carbons (Fsp3) is 0.353. The number of aliphatic carboxylic acids is 1. The van der Waals surface area contributed by atoms with E-state index in [9.17, 15) is 18.4 Å². The summed E-state index contributed by atoms with van der Waals surface area (Å²) in [6.07, 6.45) is 2.57. The molecule has 132 valence electrons. The van der Waals surface area contributed by atoms with Gasteiger partial charge in [-0.25, -0.2) is 8.78 Å². The first-order valence-corrected chi connectivity index (χ1v) is 7.88. The molecule has 1 amide bonds. The molecule has 1 aromatic heterocycles. The van der Waals surface area contributed by atoms with Gasteiger partial charge in [0.1, 0.15) is 17.3 Å². The number of piperidine rings is 1. The van der Waals surface area contributed by atoms with Crippen molar-refractivity contribution in [3.05, 3.63) is 41.6 Å². The van der Waals surface area contributed by atoms with E-state index >= 15 is 0 Å². The zero-order valence-corrected chi connectivity index (χ0v) is 13.6. The Hall–Kier alpha value is -2.77. The molecule has 1 aliphatic rings. The molecule has 0 radical (unpaired) electrons. The van der Waals surface area contributed by atoms with Crippen LogP contribution in [0, 0.1) is 17.6 Å². The maximum atomic E-state index is 14.1. The monoisotopic (exact) mass is 349 g/mol. The van der Waals surface area contributed by atoms with Crippen LogP contribution in [0.2, 0.25) is 0 Å². The smallest absolute Gasteiger partial charge is 0.308 e. The molecule has 1 unspecified atom stereocenters. The first-order chi connectivity index (χ1) is 11.9. The summed E-state index contributed by atoms with van der Waals surface area (Å²) in [5.74, 6) is -3.48. The topological polar surface area (TPSA) is 75.4 Å². The van der Waals surface area contributed by atoms with Crippen molar-refractivity contribution >= 4 is 11.9 Å². The van der Waals surface area contributed by atoms with E-state index in [2.05, 4.69) is 5.10 Å². The molecule has 0 saturated carbocycles. The van der Waals surface area contributed by atoms with Gasteiger partial charge in [0, 0.05) is 38.0 Å². The van der Waals surface area contributed by atoms with Crippen molar-refractivity contribution in [1.29, 1.82) is 0 Å². The molecular formula is C17H17F2N3O3. The third-order valence-corrected chi connectivity index (χ3v) is 4.30. The summed E-state index contributed by atoms with van der Waals surface area (Å²) >= 11 is 0. The molecule has 0 aliphatic carbocycles. The maximum absolute atomic E-state index is 14.1. The van der Waals surface area contributed by atoms with Crippen molar-refractivity contribution in [3.63, 3.8) is 0 Å². The van der Waals surface area contributed by atoms with Gasteiger partial charge in [-0.2, -0.15) is 5.10 Å². The second kappa shape index (κ2) is 6.62. The van der Waals surface area contributed by atoms with Gasteiger partial charge in [0.2, 0.25) is 0 Å². The Morgan fingerprint density at radius 1 is 1.32 bits per heavy atom. The second-order valence-corrected chi connectivity index (χ2v) is 6.12. The van der Waals surface area contributed by atoms with Crippen molar-refractivity contribution in [2.45, 2.75) is 12.8 Å². The van der Waals surface area contributed by atoms with Crippen molar-refractivity contribution in [2.24, 2.45) is 13.0 Å². The van der Waals surface area contributed by atoms with Gasteiger partial charge >= 0.3 is 5.97 Å². The van der Waals surface area contributed by atoms with E-state index in [0.29, 0.717) is 19.4 Å². The third-order valence-electron chi connectivity index (χ3n) is 4.30. The molecule has 2 aromatic rings. The van der Waals surface area contributed by atoms with E-state index in [1.54, 1.807) is 7.05 Å². The number of benzene rings is 1. The lowest BCUT2D eigenvalue weighted by atomic mass is 9.97. The average Bonchev–Trinajstić information content (AvgIpc) is 2.95. The van der Waals surface area contributed by atoms with Gasteiger partial charge in [0.15, 0.2) is 0 Å². The molecule has 1 N–H and O–H groups in total. The summed E-state index contributed by atoms with van der Waals surface area (Å²) in [5.41, 5.74) is 0.304. The van der Waals surface area contributed by atoms with E-state index in [1.165, 1.54) is 21.8 Å². The predicted octanol–water partition coefficient (Wildman–Crippen LogP) is 2.30. The summed E-state index contributed by atoms with van der Waals surface area (Å²) in [4.78, 5) is 25.5. The molecule has 3 rings (SSSR count). The number of aromatic nitrogens is 2. The molecule has 1 fully saturated rings. The largest absolute Gasteiger partial charge is 0.481 e. The summed E-state index contributed by atoms with van der Waals surface area (Å²) in [6, 6.07) is 3.07. The minimum atomic E-state index is -0.937. The highest BCUT2D eigenvalue weighted by Crippen LogP contribution is 2.28. The summed E-state index contributed by atoms with van der Waals surface area (Å²) in [7, 11) is 1.60. The highest BCUT2D eigenvalue weighted by molar-refractivity contribution is 6.00. The predicted molar refractivity (Wildman–Crippen MR) is 84.8 cm³/mol. The quantitative estimate of drug-likeness (QED) is 0.923. The maximum Gasteiger partial charge on any atom is 0.308 e. The van der Waals surface area contributed by atoms with Crippen molar-refractivity contribution in [3.8, 4) is 11.3 Å². The van der Waals surface area contributed by atoms with Crippen molar-refractivity contribution in [2.75, 3.05) is 13.1 Å². The standard InChI is InChI=1S/C17H17F2N3O3/c1-21-9-13(15(20-21)12-5-4-11(18)7-14(12)19)16(23)22-6-2-3-10(8-22)17(24)25/h4-5,7,9-10H,2-3,6,8H2,1H3,(H,24,25). The number of carbonyl (C=O) groups excluding carboxylic acids is 1. The first-order valence-electron chi connectivity index (χ1n) is 7.88. The van der Waals surface area contributed by atoms with Crippen LogP contribution in [-0.4, -0.2) is 44.8 Å². The molecule has 25 heavy (non-hydrogen) atoms. The number of amides is 1. The van der Waals surface area contributed by atoms with Gasteiger partial charge in [0.25, 0.3) is 5.91 Å². The fourth-order valence-electron chi connectivity index (χ4n) is 3.06. The Bertz CT molecular complexity index is 835. The van der Waals surface area contributed by atoms with E-state index in [0.717, 1.165) is 12.1 Å². The van der Waals surface area contributed by atoms with Crippen LogP contribution in [0.25, 0.3) is 11.3 Å². The van der Waals surface area contributed by atoms with Crippen LogP contribution in [-0.2, 0) is 11.8 Å². The Kier molecular flexibility index (Phi) is 4.52. The lowest BCUT2D eigenvalue weighted by molar-refractivity contribution is -0.143. The van der Waals surface area contributed by atoms with Crippen LogP contribution in [0.15, 0.2) is 24.4 Å². The molecule has 6 nitrogen and oxygen atoms in total. The number of rotatable bonds is 3. The zero-order chi connectivity index (χ0) is 18.1. The van der Waals surface area contributed by atoms with Crippen LogP contribution < -0.4 is 0 Å². The molecule has 1 atom stereocenters. The third kappa shape index (κ3) is 3.38. The van der Waals surface area contributed by atoms with Crippen LogP contribution in [0.1, 0.15) is 23.2 Å². The number of aryl methyl sites for hydroxylation is 1. The molecule has 1 aliphatic heterocycles. The summed E-state index contributed by atoms with van der Waals surface area (Å²) in [5, 5.41) is 13.3. The first kappa shape index (κ1) is 17.1. The average molecular weight is 349 g/mol. The van der Waals surface area contributed by atoms with Crippen LogP contribution >= 0.6 is 0 Å². The Morgan fingerprint density at radius 3 is 2.76 bits per heavy atom. The number of nitrogens with zero attached hydrogens (tertiary/aromatic N) is 3. The molecule has 0 spiro atoms. The number of likely N-dealkylation sites (tertiary alicyclic amines) is 1. The number of halogens is 2. The Morgan fingerprint density at radius 2 is 2.08 bits per heavy atom. The number of carbonyl (C=O) groups is 2. The van der Waals surface area contributed by atoms with E-state index in [-0.39, 0.29) is 23.4 Å².